The molecule has 5 rings (SSSR count). The predicted octanol–water partition coefficient (Wildman–Crippen LogP) is 4.01. The van der Waals surface area contributed by atoms with Crippen LogP contribution in [0.2, 0.25) is 0 Å². The van der Waals surface area contributed by atoms with Crippen LogP contribution >= 0.6 is 0 Å². The summed E-state index contributed by atoms with van der Waals surface area (Å²) in [5, 5.41) is 2.88. The van der Waals surface area contributed by atoms with Gasteiger partial charge >= 0.3 is 0 Å². The number of amides is 2. The van der Waals surface area contributed by atoms with Gasteiger partial charge in [-0.3, -0.25) is 19.5 Å². The van der Waals surface area contributed by atoms with E-state index in [0.717, 1.165) is 11.3 Å². The zero-order valence-electron chi connectivity index (χ0n) is 23.0. The highest BCUT2D eigenvalue weighted by Crippen LogP contribution is 2.33. The highest BCUT2D eigenvalue weighted by Gasteiger charge is 2.23. The van der Waals surface area contributed by atoms with Gasteiger partial charge in [-0.2, -0.15) is 0 Å². The molecule has 0 spiro atoms. The number of rotatable bonds is 11. The largest absolute Gasteiger partial charge is 0.497 e. The first kappa shape index (κ1) is 27.5. The van der Waals surface area contributed by atoms with E-state index in [9.17, 15) is 9.59 Å². The molecule has 0 saturated carbocycles. The summed E-state index contributed by atoms with van der Waals surface area (Å²) in [7, 11) is 4.73. The van der Waals surface area contributed by atoms with E-state index >= 15 is 0 Å². The molecule has 212 valence electrons. The molecule has 11 nitrogen and oxygen atoms in total. The lowest BCUT2D eigenvalue weighted by Crippen LogP contribution is -2.40. The van der Waals surface area contributed by atoms with Crippen LogP contribution in [0.15, 0.2) is 72.9 Å². The number of nitrogens with one attached hydrogen (secondary N) is 1. The first-order chi connectivity index (χ1) is 20.0. The number of methoxy groups -OCH3 is 3. The van der Waals surface area contributed by atoms with Crippen LogP contribution in [0, 0.1) is 0 Å². The summed E-state index contributed by atoms with van der Waals surface area (Å²) in [6.07, 6.45) is 1.83. The zero-order chi connectivity index (χ0) is 28.8. The highest BCUT2D eigenvalue weighted by molar-refractivity contribution is 5.99. The minimum absolute atomic E-state index is 0.0986. The summed E-state index contributed by atoms with van der Waals surface area (Å²) in [5.41, 5.74) is 2.57. The second-order valence-corrected chi connectivity index (χ2v) is 9.09. The van der Waals surface area contributed by atoms with Gasteiger partial charge in [-0.05, 0) is 54.6 Å². The molecule has 4 aromatic rings. The normalized spacial score (nSPS) is 11.7. The smallest absolute Gasteiger partial charge is 0.254 e. The van der Waals surface area contributed by atoms with Crippen molar-refractivity contribution in [1.29, 1.82) is 0 Å². The molecule has 1 aliphatic rings. The van der Waals surface area contributed by atoms with Crippen molar-refractivity contribution >= 4 is 17.8 Å². The Kier molecular flexibility index (Phi) is 8.35. The fourth-order valence-corrected chi connectivity index (χ4v) is 4.33. The molecular weight excluding hydrogens is 528 g/mol. The van der Waals surface area contributed by atoms with Crippen LogP contribution in [0.3, 0.4) is 0 Å². The molecule has 1 N–H and O–H groups in total. The van der Waals surface area contributed by atoms with Gasteiger partial charge in [-0.25, -0.2) is 4.98 Å². The standard InChI is InChI=1S/C30H30N4O7/c1-37-14-13-33(29(36)21-7-12-26-27(16-21)41-19-40-26)18-28(35)32-30-31-25(20-5-4-6-24(15-20)39-3)17-34(30)22-8-10-23(38-2)11-9-22/h4-12,15-17H,13-14,18-19H2,1-3H3,(H,31,32,35). The summed E-state index contributed by atoms with van der Waals surface area (Å²) in [6.45, 7) is 0.338. The zero-order valence-corrected chi connectivity index (χ0v) is 23.0. The molecule has 0 radical (unpaired) electrons. The number of hydrogen-bond acceptors (Lipinski definition) is 8. The summed E-state index contributed by atoms with van der Waals surface area (Å²) in [4.78, 5) is 32.9. The van der Waals surface area contributed by atoms with E-state index < -0.39 is 5.91 Å². The SMILES string of the molecule is COCCN(CC(=O)Nc1nc(-c2cccc(OC)c2)cn1-c1ccc(OC)cc1)C(=O)c1ccc2c(c1)OCO2. The number of anilines is 1. The van der Waals surface area contributed by atoms with Crippen molar-refractivity contribution in [3.05, 3.63) is 78.5 Å². The first-order valence-corrected chi connectivity index (χ1v) is 12.8. The lowest BCUT2D eigenvalue weighted by Gasteiger charge is -2.22. The highest BCUT2D eigenvalue weighted by atomic mass is 16.7. The number of benzene rings is 3. The van der Waals surface area contributed by atoms with Crippen molar-refractivity contribution in [1.82, 2.24) is 14.5 Å². The maximum Gasteiger partial charge on any atom is 0.254 e. The molecule has 0 atom stereocenters. The third-order valence-corrected chi connectivity index (χ3v) is 6.48. The molecule has 2 heterocycles. The fourth-order valence-electron chi connectivity index (χ4n) is 4.33. The van der Waals surface area contributed by atoms with Crippen molar-refractivity contribution in [3.63, 3.8) is 0 Å². The maximum atomic E-state index is 13.4. The molecule has 0 fully saturated rings. The third-order valence-electron chi connectivity index (χ3n) is 6.48. The van der Waals surface area contributed by atoms with Gasteiger partial charge in [0.25, 0.3) is 5.91 Å². The van der Waals surface area contributed by atoms with Crippen LogP contribution in [0.1, 0.15) is 10.4 Å². The maximum absolute atomic E-state index is 13.4. The van der Waals surface area contributed by atoms with Crippen LogP contribution in [0.4, 0.5) is 5.95 Å². The number of carbonyl (C=O) groups is 2. The monoisotopic (exact) mass is 558 g/mol. The number of ether oxygens (including phenoxy) is 5. The average Bonchev–Trinajstić information content (AvgIpc) is 3.66. The number of aromatic nitrogens is 2. The van der Waals surface area contributed by atoms with Gasteiger partial charge in [0.1, 0.15) is 18.0 Å². The second kappa shape index (κ2) is 12.4. The molecule has 0 saturated heterocycles. The molecule has 41 heavy (non-hydrogen) atoms. The van der Waals surface area contributed by atoms with Gasteiger partial charge in [-0.1, -0.05) is 12.1 Å². The lowest BCUT2D eigenvalue weighted by molar-refractivity contribution is -0.117. The fraction of sp³-hybridized carbons (Fsp3) is 0.233. The summed E-state index contributed by atoms with van der Waals surface area (Å²) in [6, 6.07) is 19.8. The van der Waals surface area contributed by atoms with Gasteiger partial charge in [-0.15, -0.1) is 0 Å². The molecule has 1 aromatic heterocycles. The Bertz CT molecular complexity index is 1530. The quantitative estimate of drug-likeness (QED) is 0.294. The van der Waals surface area contributed by atoms with Gasteiger partial charge < -0.3 is 28.6 Å². The van der Waals surface area contributed by atoms with E-state index in [1.165, 1.54) is 12.0 Å². The Balaban J connectivity index is 1.41. The molecule has 0 unspecified atom stereocenters. The summed E-state index contributed by atoms with van der Waals surface area (Å²) >= 11 is 0. The van der Waals surface area contributed by atoms with Gasteiger partial charge in [0.05, 0.1) is 26.5 Å². The lowest BCUT2D eigenvalue weighted by atomic mass is 10.1. The molecule has 0 aliphatic carbocycles. The van der Waals surface area contributed by atoms with Gasteiger partial charge in [0.15, 0.2) is 11.5 Å². The minimum Gasteiger partial charge on any atom is -0.497 e. The molecule has 2 amide bonds. The number of imidazole rings is 1. The van der Waals surface area contributed by atoms with Gasteiger partial charge in [0, 0.05) is 36.7 Å². The number of carbonyl (C=O) groups excluding carboxylic acids is 2. The van der Waals surface area contributed by atoms with E-state index in [1.54, 1.807) is 37.0 Å². The van der Waals surface area contributed by atoms with Crippen molar-refractivity contribution in [2.24, 2.45) is 0 Å². The van der Waals surface area contributed by atoms with Crippen LogP contribution < -0.4 is 24.3 Å². The van der Waals surface area contributed by atoms with E-state index in [4.69, 9.17) is 28.7 Å². The summed E-state index contributed by atoms with van der Waals surface area (Å²) < 4.78 is 28.4. The van der Waals surface area contributed by atoms with Crippen LogP contribution in [-0.2, 0) is 9.53 Å². The van der Waals surface area contributed by atoms with Crippen molar-refractivity contribution < 1.29 is 33.3 Å². The van der Waals surface area contributed by atoms with Crippen molar-refractivity contribution in [2.45, 2.75) is 0 Å². The molecular formula is C30H30N4O7. The Morgan fingerprint density at radius 2 is 1.73 bits per heavy atom. The number of nitrogens with zero attached hydrogens (tertiary/aromatic N) is 3. The van der Waals surface area contributed by atoms with E-state index in [-0.39, 0.29) is 32.4 Å². The minimum atomic E-state index is -0.423. The van der Waals surface area contributed by atoms with Crippen molar-refractivity contribution in [2.75, 3.05) is 53.1 Å². The predicted molar refractivity (Wildman–Crippen MR) is 151 cm³/mol. The summed E-state index contributed by atoms with van der Waals surface area (Å²) in [5.74, 6) is 1.96. The van der Waals surface area contributed by atoms with E-state index in [1.807, 2.05) is 54.7 Å². The Labute approximate surface area is 237 Å². The van der Waals surface area contributed by atoms with Gasteiger partial charge in [0.2, 0.25) is 18.6 Å². The molecule has 11 heteroatoms. The number of fused-ring (bicyclic) bond motifs is 1. The third kappa shape index (κ3) is 6.25. The van der Waals surface area contributed by atoms with Crippen molar-refractivity contribution in [3.8, 4) is 39.9 Å². The number of hydrogen-bond donors (Lipinski definition) is 1. The molecule has 3 aromatic carbocycles. The average molecular weight is 559 g/mol. The second-order valence-electron chi connectivity index (χ2n) is 9.09. The van der Waals surface area contributed by atoms with Crippen LogP contribution in [-0.4, -0.2) is 74.1 Å². The van der Waals surface area contributed by atoms with E-state index in [0.29, 0.717) is 40.2 Å². The Morgan fingerprint density at radius 3 is 2.49 bits per heavy atom. The topological polar surface area (TPSA) is 113 Å². The van der Waals surface area contributed by atoms with E-state index in [2.05, 4.69) is 5.32 Å². The first-order valence-electron chi connectivity index (χ1n) is 12.8. The molecule has 0 bridgehead atoms. The van der Waals surface area contributed by atoms with Crippen LogP contribution in [0.25, 0.3) is 16.9 Å². The molecule has 1 aliphatic heterocycles. The Hall–Kier alpha value is -5.03. The Morgan fingerprint density at radius 1 is 0.951 bits per heavy atom. The van der Waals surface area contributed by atoms with Crippen LogP contribution in [0.5, 0.6) is 23.0 Å².